The Bertz CT molecular complexity index is 1170. The van der Waals surface area contributed by atoms with E-state index in [0.29, 0.717) is 12.1 Å². The summed E-state index contributed by atoms with van der Waals surface area (Å²) in [5.74, 6) is -3.42. The Labute approximate surface area is 198 Å². The molecule has 3 N–H and O–H groups in total. The molecule has 11 nitrogen and oxygen atoms in total. The molecule has 0 saturated heterocycles. The molecule has 0 radical (unpaired) electrons. The molecule has 3 rings (SSSR count). The number of anilines is 2. The van der Waals surface area contributed by atoms with Crippen molar-refractivity contribution in [3.8, 4) is 0 Å². The van der Waals surface area contributed by atoms with Gasteiger partial charge in [-0.1, -0.05) is 30.3 Å². The van der Waals surface area contributed by atoms with Crippen molar-refractivity contribution in [3.05, 3.63) is 57.9 Å². The Morgan fingerprint density at radius 2 is 1.88 bits per heavy atom. The molecule has 2 atom stereocenters. The van der Waals surface area contributed by atoms with Crippen molar-refractivity contribution in [1.29, 1.82) is 0 Å². The molecule has 1 amide bonds. The highest BCUT2D eigenvalue weighted by atomic mass is 32.2. The van der Waals surface area contributed by atoms with Gasteiger partial charge in [0.2, 0.25) is 0 Å². The smallest absolute Gasteiger partial charge is 0.326 e. The number of nitrogens with zero attached hydrogens (tertiary/aromatic N) is 3. The molecular formula is C19H17N4O7S3-. The van der Waals surface area contributed by atoms with E-state index in [1.165, 1.54) is 11.4 Å². The quantitative estimate of drug-likeness (QED) is 0.327. The van der Waals surface area contributed by atoms with Crippen LogP contribution in [0.5, 0.6) is 0 Å². The van der Waals surface area contributed by atoms with Gasteiger partial charge in [-0.25, -0.2) is 4.79 Å². The first-order chi connectivity index (χ1) is 15.8. The highest BCUT2D eigenvalue weighted by Gasteiger charge is 2.28. The molecule has 3 aromatic rings. The van der Waals surface area contributed by atoms with Crippen LogP contribution in [0.1, 0.15) is 33.8 Å². The molecule has 0 aliphatic carbocycles. The lowest BCUT2D eigenvalue weighted by Gasteiger charge is -2.25. The zero-order valence-electron chi connectivity index (χ0n) is 16.7. The maximum Gasteiger partial charge on any atom is 0.326 e. The molecule has 2 heterocycles. The molecule has 1 aromatic carbocycles. The van der Waals surface area contributed by atoms with Crippen molar-refractivity contribution in [2.75, 3.05) is 4.31 Å². The number of benzene rings is 1. The lowest BCUT2D eigenvalue weighted by atomic mass is 10.1. The number of amides is 1. The average molecular weight is 510 g/mol. The maximum atomic E-state index is 12.8. The molecule has 0 fully saturated rings. The Kier molecular flexibility index (Phi) is 8.21. The predicted molar refractivity (Wildman–Crippen MR) is 120 cm³/mol. The zero-order valence-corrected chi connectivity index (χ0v) is 19.2. The van der Waals surface area contributed by atoms with Crippen molar-refractivity contribution in [2.24, 2.45) is 0 Å². The number of carbonyl (C=O) groups is 3. The molecule has 0 aliphatic heterocycles. The van der Waals surface area contributed by atoms with Crippen molar-refractivity contribution < 1.29 is 33.4 Å². The van der Waals surface area contributed by atoms with Crippen LogP contribution in [-0.4, -0.2) is 51.6 Å². The molecule has 0 saturated carbocycles. The fraction of sp³-hybridized carbons (Fsp3) is 0.211. The molecular weight excluding hydrogens is 492 g/mol. The molecule has 174 valence electrons. The summed E-state index contributed by atoms with van der Waals surface area (Å²) in [6, 6.07) is 9.17. The number of aromatic nitrogens is 2. The highest BCUT2D eigenvalue weighted by Crippen LogP contribution is 2.35. The molecule has 0 spiro atoms. The third kappa shape index (κ3) is 6.19. The Balaban J connectivity index is 1.89. The van der Waals surface area contributed by atoms with E-state index in [9.17, 15) is 28.3 Å². The second kappa shape index (κ2) is 11.1. The van der Waals surface area contributed by atoms with Gasteiger partial charge in [0.15, 0.2) is 5.82 Å². The van der Waals surface area contributed by atoms with E-state index < -0.39 is 41.6 Å². The fourth-order valence-corrected chi connectivity index (χ4v) is 4.94. The van der Waals surface area contributed by atoms with E-state index in [1.54, 1.807) is 0 Å². The molecule has 2 unspecified atom stereocenters. The van der Waals surface area contributed by atoms with Crippen LogP contribution in [0.4, 0.5) is 11.5 Å². The first-order valence-corrected chi connectivity index (χ1v) is 12.0. The number of aliphatic carboxylic acids is 2. The molecule has 14 heteroatoms. The minimum atomic E-state index is -2.87. The lowest BCUT2D eigenvalue weighted by molar-refractivity contribution is -0.140. The van der Waals surface area contributed by atoms with Gasteiger partial charge in [-0.2, -0.15) is 8.75 Å². The molecule has 0 aliphatic rings. The van der Waals surface area contributed by atoms with Crippen LogP contribution in [0.3, 0.4) is 0 Å². The van der Waals surface area contributed by atoms with Crippen LogP contribution in [0.25, 0.3) is 0 Å². The topological polar surface area (TPSA) is 173 Å². The average Bonchev–Trinajstić information content (AvgIpc) is 3.42. The van der Waals surface area contributed by atoms with Gasteiger partial charge in [-0.05, 0) is 23.4 Å². The SMILES string of the molecule is O=C(O)CCC(NC(=O)c1sccc1N(c1nsnc1Cc1ccccc1)S(=O)[O-])C(=O)O. The van der Waals surface area contributed by atoms with E-state index in [2.05, 4.69) is 14.1 Å². The summed E-state index contributed by atoms with van der Waals surface area (Å²) in [6.45, 7) is 0. The second-order valence-corrected chi connectivity index (χ2v) is 8.88. The summed E-state index contributed by atoms with van der Waals surface area (Å²) in [7, 11) is 0. The largest absolute Gasteiger partial charge is 0.755 e. The summed E-state index contributed by atoms with van der Waals surface area (Å²) in [5, 5.41) is 21.8. The monoisotopic (exact) mass is 509 g/mol. The second-order valence-electron chi connectivity index (χ2n) is 6.64. The third-order valence-corrected chi connectivity index (χ3v) is 6.54. The first-order valence-electron chi connectivity index (χ1n) is 9.35. The van der Waals surface area contributed by atoms with Crippen LogP contribution < -0.4 is 9.62 Å². The fourth-order valence-electron chi connectivity index (χ4n) is 2.90. The Morgan fingerprint density at radius 1 is 1.15 bits per heavy atom. The van der Waals surface area contributed by atoms with Crippen LogP contribution in [0.2, 0.25) is 0 Å². The summed E-state index contributed by atoms with van der Waals surface area (Å²) in [6.07, 6.45) is -0.480. The lowest BCUT2D eigenvalue weighted by Crippen LogP contribution is -2.41. The van der Waals surface area contributed by atoms with Crippen molar-refractivity contribution in [1.82, 2.24) is 14.1 Å². The third-order valence-electron chi connectivity index (χ3n) is 4.41. The number of thiophene rings is 1. The van der Waals surface area contributed by atoms with Gasteiger partial charge in [0.05, 0.1) is 28.7 Å². The van der Waals surface area contributed by atoms with Crippen LogP contribution >= 0.6 is 23.1 Å². The standard InChI is InChI=1S/C19H18N4O7S3/c24-15(25)7-6-12(19(27)28)20-18(26)16-14(8-9-31-16)23(33(29)30)17-13(21-32-22-17)10-11-4-2-1-3-5-11/h1-5,8-9,12H,6-7,10H2,(H,20,26)(H,24,25)(H,27,28)(H,29,30)/p-1. The molecule has 0 bridgehead atoms. The minimum absolute atomic E-state index is 0.0183. The summed E-state index contributed by atoms with van der Waals surface area (Å²) < 4.78 is 33.5. The van der Waals surface area contributed by atoms with E-state index in [4.69, 9.17) is 5.11 Å². The van der Waals surface area contributed by atoms with Crippen LogP contribution in [0.15, 0.2) is 41.8 Å². The number of carbonyl (C=O) groups excluding carboxylic acids is 1. The first kappa shape index (κ1) is 24.4. The van der Waals surface area contributed by atoms with Crippen LogP contribution in [0, 0.1) is 0 Å². The Hall–Kier alpha value is -3.20. The number of hydrogen-bond donors (Lipinski definition) is 3. The van der Waals surface area contributed by atoms with Gasteiger partial charge in [0.1, 0.15) is 16.6 Å². The van der Waals surface area contributed by atoms with E-state index >= 15 is 0 Å². The number of nitrogens with one attached hydrogen (secondary N) is 1. The number of carboxylic acids is 2. The van der Waals surface area contributed by atoms with E-state index in [-0.39, 0.29) is 22.8 Å². The summed E-state index contributed by atoms with van der Waals surface area (Å²) in [4.78, 5) is 34.9. The van der Waals surface area contributed by atoms with E-state index in [1.807, 2.05) is 30.3 Å². The molecule has 33 heavy (non-hydrogen) atoms. The maximum absolute atomic E-state index is 12.8. The van der Waals surface area contributed by atoms with Crippen molar-refractivity contribution in [3.63, 3.8) is 0 Å². The predicted octanol–water partition coefficient (Wildman–Crippen LogP) is 2.17. The molecule has 2 aromatic heterocycles. The van der Waals surface area contributed by atoms with Crippen molar-refractivity contribution in [2.45, 2.75) is 25.3 Å². The summed E-state index contributed by atoms with van der Waals surface area (Å²) >= 11 is -1.14. The number of hydrogen-bond acceptors (Lipinski definition) is 9. The normalized spacial score (nSPS) is 12.6. The Morgan fingerprint density at radius 3 is 2.52 bits per heavy atom. The minimum Gasteiger partial charge on any atom is -0.755 e. The van der Waals surface area contributed by atoms with E-state index in [0.717, 1.165) is 32.9 Å². The van der Waals surface area contributed by atoms with Gasteiger partial charge < -0.3 is 20.1 Å². The zero-order chi connectivity index (χ0) is 24.0. The number of carboxylic acid groups (broad SMARTS) is 2. The highest BCUT2D eigenvalue weighted by molar-refractivity contribution is 7.81. The summed E-state index contributed by atoms with van der Waals surface area (Å²) in [5.41, 5.74) is 1.25. The number of rotatable bonds is 11. The van der Waals surface area contributed by atoms with Crippen molar-refractivity contribution >= 4 is 63.7 Å². The van der Waals surface area contributed by atoms with Gasteiger partial charge in [-0.3, -0.25) is 18.1 Å². The van der Waals surface area contributed by atoms with Gasteiger partial charge in [0, 0.05) is 12.8 Å². The van der Waals surface area contributed by atoms with Gasteiger partial charge in [0.25, 0.3) is 5.91 Å². The van der Waals surface area contributed by atoms with Gasteiger partial charge >= 0.3 is 11.9 Å². The van der Waals surface area contributed by atoms with Gasteiger partial charge in [-0.15, -0.1) is 11.3 Å². The van der Waals surface area contributed by atoms with Crippen LogP contribution in [-0.2, 0) is 27.3 Å².